The molecule has 1 saturated carbocycles. The third kappa shape index (κ3) is 10.2. The van der Waals surface area contributed by atoms with Crippen molar-refractivity contribution >= 4 is 28.0 Å². The minimum absolute atomic E-state index is 0.110. The molecule has 3 rings (SSSR count). The highest BCUT2D eigenvalue weighted by atomic mass is 32.2. The van der Waals surface area contributed by atoms with Crippen molar-refractivity contribution in [3.63, 3.8) is 0 Å². The third-order valence-electron chi connectivity index (χ3n) is 7.82. The molecule has 0 radical (unpaired) electrons. The Balaban J connectivity index is 1.74. The number of carbonyl (C=O) groups is 3. The number of carbonyl (C=O) groups excluding carboxylic acids is 3. The Labute approximate surface area is 244 Å². The molecule has 1 aromatic carbocycles. The Kier molecular flexibility index (Phi) is 11.7. The largest absolute Gasteiger partial charge is 0.446 e. The second kappa shape index (κ2) is 14.6. The van der Waals surface area contributed by atoms with Crippen LogP contribution in [-0.2, 0) is 30.9 Å². The van der Waals surface area contributed by atoms with Gasteiger partial charge >= 0.3 is 6.09 Å². The van der Waals surface area contributed by atoms with E-state index in [9.17, 15) is 41.2 Å². The molecule has 0 spiro atoms. The Hall–Kier alpha value is -2.84. The van der Waals surface area contributed by atoms with Crippen LogP contribution >= 0.6 is 0 Å². The van der Waals surface area contributed by atoms with Gasteiger partial charge in [-0.25, -0.2) is 13.6 Å². The number of alkyl carbamates (subject to hydrolysis) is 1. The lowest BCUT2D eigenvalue weighted by atomic mass is 9.81. The van der Waals surface area contributed by atoms with Crippen molar-refractivity contribution in [3.05, 3.63) is 35.9 Å². The van der Waals surface area contributed by atoms with E-state index in [1.165, 1.54) is 0 Å². The summed E-state index contributed by atoms with van der Waals surface area (Å²) in [5, 5.41) is 17.8. The maximum atomic E-state index is 13.8. The quantitative estimate of drug-likeness (QED) is 0.210. The normalized spacial score (nSPS) is 22.1. The molecule has 42 heavy (non-hydrogen) atoms. The van der Waals surface area contributed by atoms with Crippen molar-refractivity contribution in [3.8, 4) is 0 Å². The van der Waals surface area contributed by atoms with E-state index in [0.29, 0.717) is 13.0 Å². The summed E-state index contributed by atoms with van der Waals surface area (Å²) in [7, 11) is -5.00. The highest BCUT2D eigenvalue weighted by Gasteiger charge is 2.40. The fourth-order valence-electron chi connectivity index (χ4n) is 5.52. The average molecular weight is 618 g/mol. The topological polar surface area (TPSA) is 171 Å². The van der Waals surface area contributed by atoms with Crippen molar-refractivity contribution < 1.29 is 46.0 Å². The summed E-state index contributed by atoms with van der Waals surface area (Å²) in [6.45, 7) is 3.93. The number of aliphatic hydroxyl groups excluding tert-OH is 1. The van der Waals surface area contributed by atoms with Gasteiger partial charge in [-0.05, 0) is 49.5 Å². The van der Waals surface area contributed by atoms with Crippen LogP contribution in [0, 0.1) is 17.8 Å². The summed E-state index contributed by atoms with van der Waals surface area (Å²) in [4.78, 5) is 38.5. The van der Waals surface area contributed by atoms with Gasteiger partial charge in [-0.1, -0.05) is 44.2 Å². The molecule has 1 heterocycles. The minimum Gasteiger partial charge on any atom is -0.446 e. The van der Waals surface area contributed by atoms with Gasteiger partial charge in [-0.2, -0.15) is 8.42 Å². The summed E-state index contributed by atoms with van der Waals surface area (Å²) in [5.41, 5.74) is -1.55. The van der Waals surface area contributed by atoms with E-state index in [0.717, 1.165) is 5.56 Å². The van der Waals surface area contributed by atoms with Crippen LogP contribution in [0.1, 0.15) is 64.4 Å². The van der Waals surface area contributed by atoms with Gasteiger partial charge in [0.1, 0.15) is 12.1 Å². The summed E-state index contributed by atoms with van der Waals surface area (Å²) in [6, 6.07) is 6.38. The van der Waals surface area contributed by atoms with Gasteiger partial charge in [0, 0.05) is 31.7 Å². The molecule has 5 N–H and O–H groups in total. The number of rotatable bonds is 13. The molecule has 1 aliphatic carbocycles. The van der Waals surface area contributed by atoms with Gasteiger partial charge in [0.15, 0.2) is 0 Å². The number of nitrogens with one attached hydrogen (secondary N) is 3. The van der Waals surface area contributed by atoms with Crippen molar-refractivity contribution in [1.29, 1.82) is 0 Å². The summed E-state index contributed by atoms with van der Waals surface area (Å²) in [5.74, 6) is -5.12. The number of hydrogen-bond acceptors (Lipinski definition) is 7. The first-order chi connectivity index (χ1) is 19.6. The Morgan fingerprint density at radius 2 is 1.76 bits per heavy atom. The zero-order chi connectivity index (χ0) is 31.1. The number of hydrogen-bond donors (Lipinski definition) is 5. The van der Waals surface area contributed by atoms with E-state index >= 15 is 0 Å². The third-order valence-corrected chi connectivity index (χ3v) is 8.76. The predicted octanol–water partition coefficient (Wildman–Crippen LogP) is 2.78. The van der Waals surface area contributed by atoms with E-state index in [2.05, 4.69) is 16.0 Å². The van der Waals surface area contributed by atoms with Gasteiger partial charge in [0.05, 0.1) is 6.04 Å². The van der Waals surface area contributed by atoms with Crippen molar-refractivity contribution in [2.24, 2.45) is 17.8 Å². The molecule has 1 saturated heterocycles. The molecule has 1 aromatic rings. The molecule has 3 amide bonds. The van der Waals surface area contributed by atoms with Gasteiger partial charge in [-0.15, -0.1) is 0 Å². The second-order valence-corrected chi connectivity index (χ2v) is 13.2. The first-order valence-electron chi connectivity index (χ1n) is 14.3. The summed E-state index contributed by atoms with van der Waals surface area (Å²) < 4.78 is 66.3. The van der Waals surface area contributed by atoms with Gasteiger partial charge in [-0.3, -0.25) is 14.1 Å². The van der Waals surface area contributed by atoms with E-state index in [-0.39, 0.29) is 62.7 Å². The number of alkyl halides is 2. The zero-order valence-electron chi connectivity index (χ0n) is 23.8. The summed E-state index contributed by atoms with van der Waals surface area (Å²) in [6.07, 6.45) is -1.50. The molecule has 0 aromatic heterocycles. The van der Waals surface area contributed by atoms with E-state index in [4.69, 9.17) is 4.74 Å². The standard InChI is InChI=1S/C28H41F2N3O8S/c1-17(2)14-21(25(35)32-22(26(36)42(38,39)40)16-20-10-13-31-24(20)34)33-27(37)41-23(15-18-6-4-3-5-7-18)19-8-11-28(29,30)12-9-19/h3-7,17,19-23,26,36H,8-16H2,1-2H3,(H,31,34)(H,32,35)(H,33,37)(H,38,39,40)/t20-,21-,22-,23?,26?/m0/s1. The van der Waals surface area contributed by atoms with Crippen molar-refractivity contribution in [1.82, 2.24) is 16.0 Å². The fourth-order valence-corrected chi connectivity index (χ4v) is 6.11. The molecule has 2 aliphatic rings. The number of ether oxygens (including phenoxy) is 1. The van der Waals surface area contributed by atoms with Crippen LogP contribution in [0.4, 0.5) is 13.6 Å². The highest BCUT2D eigenvalue weighted by molar-refractivity contribution is 7.86. The highest BCUT2D eigenvalue weighted by Crippen LogP contribution is 2.39. The fraction of sp³-hybridized carbons (Fsp3) is 0.679. The molecular formula is C28H41F2N3O8S. The molecule has 14 heteroatoms. The lowest BCUT2D eigenvalue weighted by molar-refractivity contribution is -0.126. The molecule has 5 atom stereocenters. The molecule has 1 aliphatic heterocycles. The molecule has 11 nitrogen and oxygen atoms in total. The van der Waals surface area contributed by atoms with Crippen LogP contribution in [-0.4, -0.2) is 72.1 Å². The Bertz CT molecular complexity index is 1170. The first-order valence-corrected chi connectivity index (χ1v) is 15.8. The number of halogens is 2. The SMILES string of the molecule is CC(C)C[C@H](NC(=O)OC(Cc1ccccc1)C1CCC(F)(F)CC1)C(=O)N[C@@H](C[C@@H]1CCNC1=O)C(O)S(=O)(=O)O. The average Bonchev–Trinajstić information content (AvgIpc) is 3.30. The van der Waals surface area contributed by atoms with Crippen LogP contribution in [0.2, 0.25) is 0 Å². The zero-order valence-corrected chi connectivity index (χ0v) is 24.6. The second-order valence-electron chi connectivity index (χ2n) is 11.7. The van der Waals surface area contributed by atoms with Gasteiger partial charge in [0.25, 0.3) is 10.1 Å². The molecule has 2 fully saturated rings. The lowest BCUT2D eigenvalue weighted by Crippen LogP contribution is -2.55. The van der Waals surface area contributed by atoms with Crippen LogP contribution < -0.4 is 16.0 Å². The molecular weight excluding hydrogens is 576 g/mol. The van der Waals surface area contributed by atoms with E-state index in [1.54, 1.807) is 13.8 Å². The maximum Gasteiger partial charge on any atom is 0.408 e. The lowest BCUT2D eigenvalue weighted by Gasteiger charge is -2.34. The number of benzene rings is 1. The Morgan fingerprint density at radius 1 is 1.12 bits per heavy atom. The molecule has 236 valence electrons. The Morgan fingerprint density at radius 3 is 2.31 bits per heavy atom. The van der Waals surface area contributed by atoms with E-state index in [1.807, 2.05) is 30.3 Å². The van der Waals surface area contributed by atoms with Crippen LogP contribution in [0.15, 0.2) is 30.3 Å². The minimum atomic E-state index is -5.00. The first kappa shape index (κ1) is 33.7. The van der Waals surface area contributed by atoms with Crippen molar-refractivity contribution in [2.75, 3.05) is 6.54 Å². The smallest absolute Gasteiger partial charge is 0.408 e. The monoisotopic (exact) mass is 617 g/mol. The van der Waals surface area contributed by atoms with Crippen molar-refractivity contribution in [2.45, 2.75) is 94.8 Å². The number of aliphatic hydroxyl groups is 1. The number of amides is 3. The maximum absolute atomic E-state index is 13.8. The summed E-state index contributed by atoms with van der Waals surface area (Å²) >= 11 is 0. The van der Waals surface area contributed by atoms with Gasteiger partial charge < -0.3 is 25.8 Å². The predicted molar refractivity (Wildman–Crippen MR) is 149 cm³/mol. The molecule has 0 bridgehead atoms. The van der Waals surface area contributed by atoms with E-state index < -0.39 is 57.6 Å². The van der Waals surface area contributed by atoms with Crippen LogP contribution in [0.5, 0.6) is 0 Å². The van der Waals surface area contributed by atoms with Crippen LogP contribution in [0.25, 0.3) is 0 Å². The van der Waals surface area contributed by atoms with Crippen LogP contribution in [0.3, 0.4) is 0 Å². The molecule has 2 unspecified atom stereocenters. The van der Waals surface area contributed by atoms with Gasteiger partial charge in [0.2, 0.25) is 23.2 Å².